The van der Waals surface area contributed by atoms with Crippen molar-refractivity contribution in [2.75, 3.05) is 19.7 Å². The Kier molecular flexibility index (Phi) is 12.7. The zero-order chi connectivity index (χ0) is 15.2. The molecule has 0 aromatic heterocycles. The average molecular weight is 292 g/mol. The first-order chi connectivity index (χ1) is 9.57. The molecule has 1 amide bonds. The highest BCUT2D eigenvalue weighted by atomic mass is 17.1. The van der Waals surface area contributed by atoms with Crippen molar-refractivity contribution in [2.24, 2.45) is 11.5 Å². The Morgan fingerprint density at radius 1 is 1.15 bits per heavy atom. The third-order valence-electron chi connectivity index (χ3n) is 2.88. The lowest BCUT2D eigenvalue weighted by molar-refractivity contribution is -0.492. The van der Waals surface area contributed by atoms with E-state index < -0.39 is 6.04 Å². The first-order valence-corrected chi connectivity index (χ1v) is 7.12. The fraction of sp³-hybridized carbons (Fsp3) is 0.917. The molecule has 1 unspecified atom stereocenters. The van der Waals surface area contributed by atoms with Crippen molar-refractivity contribution in [1.82, 2.24) is 10.7 Å². The lowest BCUT2D eigenvalue weighted by Gasteiger charge is -2.11. The van der Waals surface area contributed by atoms with Gasteiger partial charge in [-0.25, -0.2) is 0 Å². The molecule has 7 N–H and O–H groups in total. The SMILES string of the molecule is NCCCCC(N)C(=O)NCCCCCCON(O)O. The van der Waals surface area contributed by atoms with E-state index in [0.717, 1.165) is 38.5 Å². The number of rotatable bonds is 13. The topological polar surface area (TPSA) is 134 Å². The zero-order valence-electron chi connectivity index (χ0n) is 12.0. The van der Waals surface area contributed by atoms with E-state index in [1.807, 2.05) is 0 Å². The van der Waals surface area contributed by atoms with Crippen LogP contribution in [0.3, 0.4) is 0 Å². The maximum absolute atomic E-state index is 11.6. The monoisotopic (exact) mass is 292 g/mol. The summed E-state index contributed by atoms with van der Waals surface area (Å²) in [6, 6.07) is -0.449. The Labute approximate surface area is 119 Å². The molecule has 0 aromatic carbocycles. The molecule has 0 aromatic rings. The molecule has 0 aliphatic heterocycles. The van der Waals surface area contributed by atoms with Crippen LogP contribution in [0.25, 0.3) is 0 Å². The smallest absolute Gasteiger partial charge is 0.236 e. The van der Waals surface area contributed by atoms with Gasteiger partial charge in [0.2, 0.25) is 5.91 Å². The quantitative estimate of drug-likeness (QED) is 0.240. The predicted molar refractivity (Wildman–Crippen MR) is 73.7 cm³/mol. The molecular weight excluding hydrogens is 264 g/mol. The molecule has 0 saturated heterocycles. The number of nitrogens with two attached hydrogens (primary N) is 2. The summed E-state index contributed by atoms with van der Waals surface area (Å²) in [6.07, 6.45) is 5.85. The molecule has 0 rings (SSSR count). The van der Waals surface area contributed by atoms with Crippen molar-refractivity contribution in [1.29, 1.82) is 0 Å². The molecule has 0 fully saturated rings. The summed E-state index contributed by atoms with van der Waals surface area (Å²) in [7, 11) is 0. The zero-order valence-corrected chi connectivity index (χ0v) is 12.0. The number of hydrogen-bond donors (Lipinski definition) is 5. The van der Waals surface area contributed by atoms with Gasteiger partial charge in [-0.3, -0.25) is 20.0 Å². The van der Waals surface area contributed by atoms with Gasteiger partial charge in [0, 0.05) is 6.54 Å². The summed E-state index contributed by atoms with van der Waals surface area (Å²) in [5, 5.41) is 19.1. The second-order valence-electron chi connectivity index (χ2n) is 4.68. The third kappa shape index (κ3) is 12.3. The molecular formula is C12H28N4O4. The van der Waals surface area contributed by atoms with Gasteiger partial charge in [0.15, 0.2) is 0 Å². The fourth-order valence-corrected chi connectivity index (χ4v) is 1.71. The molecule has 0 radical (unpaired) electrons. The van der Waals surface area contributed by atoms with E-state index in [9.17, 15) is 4.79 Å². The van der Waals surface area contributed by atoms with Crippen LogP contribution in [0.2, 0.25) is 0 Å². The standard InChI is InChI=1S/C12H28N4O4/c13-8-4-3-7-11(14)12(17)15-9-5-1-2-6-10-20-16(18)19/h11,18-19H,1-10,13-14H2,(H,15,17). The summed E-state index contributed by atoms with van der Waals surface area (Å²) < 4.78 is 0. The average Bonchev–Trinajstić information content (AvgIpc) is 2.41. The summed E-state index contributed by atoms with van der Waals surface area (Å²) >= 11 is 0. The maximum Gasteiger partial charge on any atom is 0.236 e. The lowest BCUT2D eigenvalue weighted by Crippen LogP contribution is -2.40. The first kappa shape index (κ1) is 19.2. The Hall–Kier alpha value is -0.770. The Morgan fingerprint density at radius 3 is 2.50 bits per heavy atom. The predicted octanol–water partition coefficient (Wildman–Crippen LogP) is 0.131. The van der Waals surface area contributed by atoms with Crippen LogP contribution in [0.4, 0.5) is 0 Å². The fourth-order valence-electron chi connectivity index (χ4n) is 1.71. The van der Waals surface area contributed by atoms with Crippen molar-refractivity contribution in [2.45, 2.75) is 51.0 Å². The number of carbonyl (C=O) groups excluding carboxylic acids is 1. The van der Waals surface area contributed by atoms with Gasteiger partial charge in [-0.1, -0.05) is 19.3 Å². The van der Waals surface area contributed by atoms with Crippen LogP contribution in [-0.4, -0.2) is 47.4 Å². The van der Waals surface area contributed by atoms with Crippen molar-refractivity contribution in [3.63, 3.8) is 0 Å². The van der Waals surface area contributed by atoms with E-state index >= 15 is 0 Å². The third-order valence-corrected chi connectivity index (χ3v) is 2.88. The first-order valence-electron chi connectivity index (χ1n) is 7.12. The minimum atomic E-state index is -0.449. The Morgan fingerprint density at radius 2 is 1.85 bits per heavy atom. The van der Waals surface area contributed by atoms with E-state index in [4.69, 9.17) is 21.9 Å². The van der Waals surface area contributed by atoms with Crippen LogP contribution < -0.4 is 16.8 Å². The van der Waals surface area contributed by atoms with Crippen LogP contribution in [-0.2, 0) is 9.63 Å². The molecule has 120 valence electrons. The summed E-state index contributed by atoms with van der Waals surface area (Å²) in [4.78, 5) is 16.0. The highest BCUT2D eigenvalue weighted by molar-refractivity contribution is 5.81. The Bertz CT molecular complexity index is 241. The van der Waals surface area contributed by atoms with Gasteiger partial charge in [-0.05, 0) is 32.2 Å². The lowest BCUT2D eigenvalue weighted by atomic mass is 10.1. The van der Waals surface area contributed by atoms with Crippen LogP contribution in [0.5, 0.6) is 0 Å². The van der Waals surface area contributed by atoms with E-state index in [-0.39, 0.29) is 17.9 Å². The van der Waals surface area contributed by atoms with Gasteiger partial charge in [-0.2, -0.15) is 0 Å². The molecule has 0 aliphatic rings. The van der Waals surface area contributed by atoms with E-state index in [2.05, 4.69) is 10.2 Å². The second kappa shape index (κ2) is 13.2. The van der Waals surface area contributed by atoms with Gasteiger partial charge in [0.1, 0.15) is 0 Å². The molecule has 0 spiro atoms. The highest BCUT2D eigenvalue weighted by Gasteiger charge is 2.11. The van der Waals surface area contributed by atoms with Gasteiger partial charge in [-0.15, -0.1) is 0 Å². The van der Waals surface area contributed by atoms with Gasteiger partial charge in [0.05, 0.1) is 18.0 Å². The minimum absolute atomic E-state index is 0.110. The molecule has 0 bridgehead atoms. The van der Waals surface area contributed by atoms with E-state index in [1.165, 1.54) is 0 Å². The number of nitrogens with one attached hydrogen (secondary N) is 1. The minimum Gasteiger partial charge on any atom is -0.355 e. The van der Waals surface area contributed by atoms with Gasteiger partial charge >= 0.3 is 0 Å². The normalized spacial score (nSPS) is 12.7. The van der Waals surface area contributed by atoms with Crippen molar-refractivity contribution in [3.8, 4) is 0 Å². The van der Waals surface area contributed by atoms with Crippen LogP contribution in [0, 0.1) is 0 Å². The van der Waals surface area contributed by atoms with Crippen molar-refractivity contribution in [3.05, 3.63) is 0 Å². The van der Waals surface area contributed by atoms with Crippen molar-refractivity contribution < 1.29 is 20.0 Å². The van der Waals surface area contributed by atoms with Crippen molar-refractivity contribution >= 4 is 5.91 Å². The number of amides is 1. The van der Waals surface area contributed by atoms with Gasteiger partial charge in [0.25, 0.3) is 0 Å². The van der Waals surface area contributed by atoms with E-state index in [0.29, 0.717) is 19.5 Å². The Balaban J connectivity index is 3.34. The maximum atomic E-state index is 11.6. The second-order valence-corrected chi connectivity index (χ2v) is 4.68. The summed E-state index contributed by atoms with van der Waals surface area (Å²) in [5.74, 6) is -0.110. The highest BCUT2D eigenvalue weighted by Crippen LogP contribution is 2.01. The van der Waals surface area contributed by atoms with Gasteiger partial charge < -0.3 is 16.8 Å². The number of unbranched alkanes of at least 4 members (excludes halogenated alkanes) is 4. The molecule has 8 heteroatoms. The number of hydrogen-bond acceptors (Lipinski definition) is 7. The molecule has 0 aliphatic carbocycles. The largest absolute Gasteiger partial charge is 0.355 e. The summed E-state index contributed by atoms with van der Waals surface area (Å²) in [5.41, 5.74) is 11.1. The van der Waals surface area contributed by atoms with Crippen LogP contribution in [0.1, 0.15) is 44.9 Å². The van der Waals surface area contributed by atoms with Crippen LogP contribution in [0.15, 0.2) is 0 Å². The molecule has 1 atom stereocenters. The molecule has 20 heavy (non-hydrogen) atoms. The van der Waals surface area contributed by atoms with E-state index in [1.54, 1.807) is 0 Å². The van der Waals surface area contributed by atoms with Crippen LogP contribution >= 0.6 is 0 Å². The summed E-state index contributed by atoms with van der Waals surface area (Å²) in [6.45, 7) is 1.49. The molecule has 8 nitrogen and oxygen atoms in total. The molecule has 0 heterocycles. The molecule has 0 saturated carbocycles. The number of nitrogens with zero attached hydrogens (tertiary/aromatic N) is 1. The number of carbonyl (C=O) groups is 1.